The molecule has 2 N–H and O–H groups in total. The van der Waals surface area contributed by atoms with E-state index >= 15 is 0 Å². The molecule has 0 aromatic rings. The van der Waals surface area contributed by atoms with Gasteiger partial charge in [0.25, 0.3) is 0 Å². The average molecular weight is 122 g/mol. The Hall–Kier alpha value is -0.190. The standard InChI is InChI=1S/C3H6.H3NO2S/c1-3-2;1-4(2)3/h3H,1H2,2H3;1H2,(H,2,3)/p-1. The Kier molecular flexibility index (Phi) is 13.1. The average Bonchev–Trinajstić information content (AvgIpc) is 1.33. The van der Waals surface area contributed by atoms with Crippen LogP contribution in [-0.4, -0.2) is 8.76 Å². The molecule has 4 heteroatoms. The summed E-state index contributed by atoms with van der Waals surface area (Å²) < 4.78 is 17.6. The van der Waals surface area contributed by atoms with Gasteiger partial charge in [-0.05, 0) is 6.92 Å². The van der Waals surface area contributed by atoms with Gasteiger partial charge in [0, 0.05) is 11.3 Å². The molecule has 0 spiro atoms. The van der Waals surface area contributed by atoms with Crippen LogP contribution in [0.15, 0.2) is 12.7 Å². The Morgan fingerprint density at radius 2 is 2.00 bits per heavy atom. The van der Waals surface area contributed by atoms with Crippen molar-refractivity contribution in [3.05, 3.63) is 12.7 Å². The molecule has 1 unspecified atom stereocenters. The van der Waals surface area contributed by atoms with Gasteiger partial charge < -0.3 is 4.55 Å². The van der Waals surface area contributed by atoms with Gasteiger partial charge in [0.1, 0.15) is 0 Å². The monoisotopic (exact) mass is 122 g/mol. The smallest absolute Gasteiger partial charge is 0.0152 e. The van der Waals surface area contributed by atoms with Gasteiger partial charge >= 0.3 is 0 Å². The fraction of sp³-hybridized carbons (Fsp3) is 0.333. The molecular formula is C3H8NO2S-. The van der Waals surface area contributed by atoms with E-state index in [1.54, 1.807) is 6.08 Å². The molecule has 0 fully saturated rings. The summed E-state index contributed by atoms with van der Waals surface area (Å²) in [5.41, 5.74) is 0. The number of allylic oxidation sites excluding steroid dienone is 1. The molecule has 0 saturated carbocycles. The predicted octanol–water partition coefficient (Wildman–Crippen LogP) is -0.0685. The fourth-order valence-corrected chi connectivity index (χ4v) is 0. The minimum atomic E-state index is -2.36. The largest absolute Gasteiger partial charge is 0.760 e. The Morgan fingerprint density at radius 3 is 2.00 bits per heavy atom. The molecule has 0 saturated heterocycles. The molecule has 7 heavy (non-hydrogen) atoms. The Bertz CT molecular complexity index is 60.0. The summed E-state index contributed by atoms with van der Waals surface area (Å²) in [6.45, 7) is 5.25. The van der Waals surface area contributed by atoms with E-state index < -0.39 is 11.3 Å². The molecule has 44 valence electrons. The van der Waals surface area contributed by atoms with Crippen molar-refractivity contribution in [1.29, 1.82) is 0 Å². The van der Waals surface area contributed by atoms with Crippen molar-refractivity contribution in [2.75, 3.05) is 0 Å². The lowest BCUT2D eigenvalue weighted by molar-refractivity contribution is 0.539. The molecular weight excluding hydrogens is 114 g/mol. The predicted molar refractivity (Wildman–Crippen MR) is 29.0 cm³/mol. The fourth-order valence-electron chi connectivity index (χ4n) is 0. The zero-order valence-electron chi connectivity index (χ0n) is 4.09. The van der Waals surface area contributed by atoms with Crippen LogP contribution in [0.4, 0.5) is 0 Å². The first-order valence-corrected chi connectivity index (χ1v) is 2.69. The molecule has 3 nitrogen and oxygen atoms in total. The van der Waals surface area contributed by atoms with Crippen LogP contribution in [-0.2, 0) is 11.3 Å². The van der Waals surface area contributed by atoms with E-state index in [-0.39, 0.29) is 0 Å². The van der Waals surface area contributed by atoms with E-state index in [4.69, 9.17) is 8.76 Å². The topological polar surface area (TPSA) is 66.2 Å². The zero-order valence-corrected chi connectivity index (χ0v) is 4.90. The van der Waals surface area contributed by atoms with Gasteiger partial charge in [-0.1, -0.05) is 6.08 Å². The Labute approximate surface area is 45.6 Å². The van der Waals surface area contributed by atoms with E-state index in [1.807, 2.05) is 6.92 Å². The van der Waals surface area contributed by atoms with Crippen LogP contribution < -0.4 is 5.14 Å². The molecule has 0 aromatic heterocycles. The Balaban J connectivity index is 0. The first kappa shape index (κ1) is 9.94. The first-order valence-electron chi connectivity index (χ1n) is 1.55. The highest BCUT2D eigenvalue weighted by Gasteiger charge is 1.39. The maximum absolute atomic E-state index is 8.78. The van der Waals surface area contributed by atoms with Crippen LogP contribution in [0.1, 0.15) is 6.92 Å². The van der Waals surface area contributed by atoms with Gasteiger partial charge in [0.15, 0.2) is 0 Å². The van der Waals surface area contributed by atoms with E-state index in [2.05, 4.69) is 11.7 Å². The van der Waals surface area contributed by atoms with Crippen LogP contribution >= 0.6 is 0 Å². The van der Waals surface area contributed by atoms with Crippen molar-refractivity contribution < 1.29 is 8.76 Å². The van der Waals surface area contributed by atoms with Crippen molar-refractivity contribution in [3.63, 3.8) is 0 Å². The second-order valence-electron chi connectivity index (χ2n) is 0.669. The maximum atomic E-state index is 8.78. The van der Waals surface area contributed by atoms with Gasteiger partial charge in [-0.2, -0.15) is 0 Å². The summed E-state index contributed by atoms with van der Waals surface area (Å²) in [6.07, 6.45) is 1.75. The summed E-state index contributed by atoms with van der Waals surface area (Å²) in [5, 5.41) is 4.03. The molecule has 0 aliphatic carbocycles. The lowest BCUT2D eigenvalue weighted by Crippen LogP contribution is -1.97. The van der Waals surface area contributed by atoms with Gasteiger partial charge in [-0.25, -0.2) is 0 Å². The van der Waals surface area contributed by atoms with Gasteiger partial charge in [0.2, 0.25) is 0 Å². The molecule has 0 amide bonds. The molecule has 0 bridgehead atoms. The van der Waals surface area contributed by atoms with Crippen LogP contribution in [0.25, 0.3) is 0 Å². The van der Waals surface area contributed by atoms with Crippen LogP contribution in [0.2, 0.25) is 0 Å². The quantitative estimate of drug-likeness (QED) is 0.361. The van der Waals surface area contributed by atoms with Gasteiger partial charge in [-0.3, -0.25) is 9.35 Å². The van der Waals surface area contributed by atoms with Crippen molar-refractivity contribution >= 4 is 11.3 Å². The van der Waals surface area contributed by atoms with Crippen molar-refractivity contribution in [2.45, 2.75) is 6.92 Å². The highest BCUT2D eigenvalue weighted by Crippen LogP contribution is 1.38. The van der Waals surface area contributed by atoms with Crippen molar-refractivity contribution in [1.82, 2.24) is 0 Å². The minimum absolute atomic E-state index is 1.75. The van der Waals surface area contributed by atoms with Gasteiger partial charge in [0.05, 0.1) is 0 Å². The molecule has 0 heterocycles. The van der Waals surface area contributed by atoms with E-state index in [0.717, 1.165) is 0 Å². The lowest BCUT2D eigenvalue weighted by atomic mass is 10.8. The van der Waals surface area contributed by atoms with Crippen molar-refractivity contribution in [3.8, 4) is 0 Å². The highest BCUT2D eigenvalue weighted by atomic mass is 32.2. The van der Waals surface area contributed by atoms with E-state index in [0.29, 0.717) is 0 Å². The summed E-state index contributed by atoms with van der Waals surface area (Å²) in [6, 6.07) is 0. The summed E-state index contributed by atoms with van der Waals surface area (Å²) in [5.74, 6) is 0. The first-order chi connectivity index (χ1) is 3.15. The Morgan fingerprint density at radius 1 is 2.00 bits per heavy atom. The maximum Gasteiger partial charge on any atom is 0.0152 e. The van der Waals surface area contributed by atoms with Crippen LogP contribution in [0.5, 0.6) is 0 Å². The molecule has 0 aromatic carbocycles. The third kappa shape index (κ3) is 2340. The number of hydrogen-bond acceptors (Lipinski definition) is 2. The molecule has 0 aliphatic heterocycles. The van der Waals surface area contributed by atoms with Crippen LogP contribution in [0.3, 0.4) is 0 Å². The number of nitrogens with two attached hydrogens (primary N) is 1. The third-order valence-corrected chi connectivity index (χ3v) is 0. The molecule has 0 radical (unpaired) electrons. The highest BCUT2D eigenvalue weighted by molar-refractivity contribution is 7.76. The molecule has 1 atom stereocenters. The number of hydrogen-bond donors (Lipinski definition) is 1. The second kappa shape index (κ2) is 9.26. The second-order valence-corrected chi connectivity index (χ2v) is 1.19. The molecule has 0 aliphatic rings. The third-order valence-electron chi connectivity index (χ3n) is 0. The normalized spacial score (nSPS) is 10.7. The van der Waals surface area contributed by atoms with E-state index in [9.17, 15) is 0 Å². The summed E-state index contributed by atoms with van der Waals surface area (Å²) in [4.78, 5) is 0. The molecule has 0 rings (SSSR count). The van der Waals surface area contributed by atoms with E-state index in [1.165, 1.54) is 0 Å². The van der Waals surface area contributed by atoms with Crippen LogP contribution in [0, 0.1) is 0 Å². The summed E-state index contributed by atoms with van der Waals surface area (Å²) >= 11 is -2.36. The minimum Gasteiger partial charge on any atom is -0.760 e. The summed E-state index contributed by atoms with van der Waals surface area (Å²) in [7, 11) is 0. The zero-order chi connectivity index (χ0) is 6.28. The SMILES string of the molecule is C=CC.NS(=O)[O-]. The van der Waals surface area contributed by atoms with Gasteiger partial charge in [-0.15, -0.1) is 6.58 Å². The lowest BCUT2D eigenvalue weighted by Gasteiger charge is -1.85. The number of rotatable bonds is 0. The van der Waals surface area contributed by atoms with Crippen molar-refractivity contribution in [2.24, 2.45) is 5.14 Å².